The van der Waals surface area contributed by atoms with Crippen LogP contribution in [0.3, 0.4) is 0 Å². The molecule has 0 saturated heterocycles. The number of benzene rings is 2. The summed E-state index contributed by atoms with van der Waals surface area (Å²) in [5.74, 6) is 0.891. The van der Waals surface area contributed by atoms with Crippen molar-refractivity contribution in [2.75, 3.05) is 7.11 Å². The summed E-state index contributed by atoms with van der Waals surface area (Å²) in [6.07, 6.45) is 7.63. The highest BCUT2D eigenvalue weighted by Gasteiger charge is 2.16. The number of nitrogens with one attached hydrogen (secondary N) is 1. The summed E-state index contributed by atoms with van der Waals surface area (Å²) < 4.78 is 7.41. The number of rotatable bonds is 5. The van der Waals surface area contributed by atoms with Crippen molar-refractivity contribution in [2.45, 2.75) is 44.7 Å². The molecule has 1 amide bonds. The molecule has 0 spiro atoms. The van der Waals surface area contributed by atoms with Crippen LogP contribution in [0, 0.1) is 0 Å². The van der Waals surface area contributed by atoms with Gasteiger partial charge in [0.05, 0.1) is 24.5 Å². The Morgan fingerprint density at radius 2 is 2.00 bits per heavy atom. The molecular formula is C22H25N3O2. The van der Waals surface area contributed by atoms with Gasteiger partial charge in [-0.05, 0) is 36.6 Å². The van der Waals surface area contributed by atoms with Crippen molar-refractivity contribution < 1.29 is 9.53 Å². The summed E-state index contributed by atoms with van der Waals surface area (Å²) >= 11 is 0. The summed E-state index contributed by atoms with van der Waals surface area (Å²) in [7, 11) is 1.68. The summed E-state index contributed by atoms with van der Waals surface area (Å²) in [6.45, 7) is 0.294. The predicted molar refractivity (Wildman–Crippen MR) is 107 cm³/mol. The van der Waals surface area contributed by atoms with Crippen LogP contribution in [0.15, 0.2) is 48.8 Å². The molecule has 27 heavy (non-hydrogen) atoms. The highest BCUT2D eigenvalue weighted by atomic mass is 16.5. The smallest absolute Gasteiger partial charge is 0.240 e. The minimum Gasteiger partial charge on any atom is -0.496 e. The summed E-state index contributed by atoms with van der Waals surface area (Å²) in [5.41, 5.74) is 3.92. The van der Waals surface area contributed by atoms with Crippen molar-refractivity contribution in [2.24, 2.45) is 0 Å². The average molecular weight is 363 g/mol. The second-order valence-electron chi connectivity index (χ2n) is 7.18. The molecule has 1 aromatic heterocycles. The molecule has 0 radical (unpaired) electrons. The number of amides is 1. The zero-order valence-electron chi connectivity index (χ0n) is 15.6. The van der Waals surface area contributed by atoms with Gasteiger partial charge in [-0.3, -0.25) is 4.79 Å². The number of imidazole rings is 1. The fourth-order valence-corrected chi connectivity index (χ4v) is 3.91. The Labute approximate surface area is 159 Å². The van der Waals surface area contributed by atoms with Gasteiger partial charge in [0.1, 0.15) is 12.3 Å². The number of hydrogen-bond donors (Lipinski definition) is 1. The molecule has 0 atom stereocenters. The topological polar surface area (TPSA) is 56.2 Å². The normalized spacial score (nSPS) is 15.0. The second-order valence-corrected chi connectivity index (χ2v) is 7.18. The first-order chi connectivity index (χ1) is 13.2. The molecule has 1 N–H and O–H groups in total. The molecule has 2 aromatic carbocycles. The van der Waals surface area contributed by atoms with E-state index in [-0.39, 0.29) is 5.91 Å². The van der Waals surface area contributed by atoms with E-state index in [4.69, 9.17) is 4.74 Å². The Morgan fingerprint density at radius 1 is 1.19 bits per heavy atom. The zero-order valence-corrected chi connectivity index (χ0v) is 15.6. The van der Waals surface area contributed by atoms with Crippen molar-refractivity contribution >= 4 is 16.9 Å². The van der Waals surface area contributed by atoms with E-state index in [1.54, 1.807) is 13.4 Å². The Bertz CT molecular complexity index is 942. The number of hydrogen-bond acceptors (Lipinski definition) is 3. The van der Waals surface area contributed by atoms with Crippen LogP contribution in [-0.4, -0.2) is 28.6 Å². The minimum atomic E-state index is 0.0592. The van der Waals surface area contributed by atoms with Crippen LogP contribution in [0.2, 0.25) is 0 Å². The van der Waals surface area contributed by atoms with Crippen LogP contribution in [-0.2, 0) is 11.3 Å². The average Bonchev–Trinajstić information content (AvgIpc) is 3.10. The van der Waals surface area contributed by atoms with Gasteiger partial charge in [0.2, 0.25) is 5.91 Å². The quantitative estimate of drug-likeness (QED) is 0.740. The van der Waals surface area contributed by atoms with Gasteiger partial charge in [0.15, 0.2) is 0 Å². The number of carbonyl (C=O) groups excluding carboxylic acids is 1. The highest BCUT2D eigenvalue weighted by Crippen LogP contribution is 2.31. The number of fused-ring (bicyclic) bond motifs is 1. The lowest BCUT2D eigenvalue weighted by molar-refractivity contribution is -0.122. The minimum absolute atomic E-state index is 0.0592. The SMILES string of the molecule is COc1ccccc1-c1ccc2ncn(CC(=O)NC3CCCCC3)c2c1. The molecule has 0 unspecified atom stereocenters. The number of ether oxygens (including phenoxy) is 1. The van der Waals surface area contributed by atoms with Gasteiger partial charge >= 0.3 is 0 Å². The fraction of sp³-hybridized carbons (Fsp3) is 0.364. The number of aromatic nitrogens is 2. The standard InChI is InChI=1S/C22H25N3O2/c1-27-21-10-6-5-9-18(21)16-11-12-19-20(13-16)25(15-23-19)14-22(26)24-17-7-3-2-4-8-17/h5-6,9-13,15,17H,2-4,7-8,14H2,1H3,(H,24,26). The van der Waals surface area contributed by atoms with Gasteiger partial charge in [0, 0.05) is 11.6 Å². The van der Waals surface area contributed by atoms with E-state index in [0.29, 0.717) is 12.6 Å². The molecule has 1 saturated carbocycles. The van der Waals surface area contributed by atoms with Gasteiger partial charge in [-0.2, -0.15) is 0 Å². The first-order valence-electron chi connectivity index (χ1n) is 9.62. The van der Waals surface area contributed by atoms with Crippen molar-refractivity contribution in [3.63, 3.8) is 0 Å². The maximum atomic E-state index is 12.5. The molecule has 1 aliphatic rings. The largest absolute Gasteiger partial charge is 0.496 e. The van der Waals surface area contributed by atoms with E-state index < -0.39 is 0 Å². The first kappa shape index (κ1) is 17.6. The monoisotopic (exact) mass is 363 g/mol. The van der Waals surface area contributed by atoms with E-state index >= 15 is 0 Å². The van der Waals surface area contributed by atoms with Gasteiger partial charge in [-0.1, -0.05) is 43.5 Å². The lowest BCUT2D eigenvalue weighted by Gasteiger charge is -2.22. The summed E-state index contributed by atoms with van der Waals surface area (Å²) in [5, 5.41) is 3.18. The van der Waals surface area contributed by atoms with Gasteiger partial charge < -0.3 is 14.6 Å². The predicted octanol–water partition coefficient (Wildman–Crippen LogP) is 4.16. The Balaban J connectivity index is 1.57. The van der Waals surface area contributed by atoms with Crippen LogP contribution in [0.25, 0.3) is 22.2 Å². The van der Waals surface area contributed by atoms with Crippen LogP contribution in [0.5, 0.6) is 5.75 Å². The zero-order chi connectivity index (χ0) is 18.6. The van der Waals surface area contributed by atoms with E-state index in [9.17, 15) is 4.79 Å². The number of carbonyl (C=O) groups is 1. The van der Waals surface area contributed by atoms with E-state index in [1.807, 2.05) is 41.0 Å². The molecule has 3 aromatic rings. The maximum Gasteiger partial charge on any atom is 0.240 e. The molecule has 1 heterocycles. The number of methoxy groups -OCH3 is 1. The lowest BCUT2D eigenvalue weighted by Crippen LogP contribution is -2.38. The van der Waals surface area contributed by atoms with Crippen LogP contribution in [0.1, 0.15) is 32.1 Å². The van der Waals surface area contributed by atoms with Crippen LogP contribution >= 0.6 is 0 Å². The van der Waals surface area contributed by atoms with E-state index in [1.165, 1.54) is 19.3 Å². The molecule has 5 nitrogen and oxygen atoms in total. The number of nitrogens with zero attached hydrogens (tertiary/aromatic N) is 2. The third-order valence-electron chi connectivity index (χ3n) is 5.32. The Kier molecular flexibility index (Phi) is 5.10. The fourth-order valence-electron chi connectivity index (χ4n) is 3.91. The molecule has 0 bridgehead atoms. The molecule has 1 aliphatic carbocycles. The summed E-state index contributed by atoms with van der Waals surface area (Å²) in [6, 6.07) is 14.4. The van der Waals surface area contributed by atoms with Gasteiger partial charge in [-0.15, -0.1) is 0 Å². The van der Waals surface area contributed by atoms with E-state index in [0.717, 1.165) is 40.8 Å². The Hall–Kier alpha value is -2.82. The van der Waals surface area contributed by atoms with Crippen LogP contribution in [0.4, 0.5) is 0 Å². The van der Waals surface area contributed by atoms with Gasteiger partial charge in [-0.25, -0.2) is 4.98 Å². The summed E-state index contributed by atoms with van der Waals surface area (Å²) in [4.78, 5) is 16.9. The molecule has 140 valence electrons. The van der Waals surface area contributed by atoms with Crippen molar-refractivity contribution in [1.29, 1.82) is 0 Å². The molecule has 1 fully saturated rings. The molecule has 4 rings (SSSR count). The third kappa shape index (κ3) is 3.82. The first-order valence-corrected chi connectivity index (χ1v) is 9.62. The molecular weight excluding hydrogens is 338 g/mol. The maximum absolute atomic E-state index is 12.5. The lowest BCUT2D eigenvalue weighted by atomic mass is 9.95. The van der Waals surface area contributed by atoms with E-state index in [2.05, 4.69) is 16.4 Å². The highest BCUT2D eigenvalue weighted by molar-refractivity contribution is 5.85. The molecule has 5 heteroatoms. The molecule has 0 aliphatic heterocycles. The van der Waals surface area contributed by atoms with Crippen molar-refractivity contribution in [3.8, 4) is 16.9 Å². The third-order valence-corrected chi connectivity index (χ3v) is 5.32. The van der Waals surface area contributed by atoms with Gasteiger partial charge in [0.25, 0.3) is 0 Å². The van der Waals surface area contributed by atoms with Crippen LogP contribution < -0.4 is 10.1 Å². The van der Waals surface area contributed by atoms with Crippen molar-refractivity contribution in [3.05, 3.63) is 48.8 Å². The number of para-hydroxylation sites is 1. The van der Waals surface area contributed by atoms with Crippen molar-refractivity contribution in [1.82, 2.24) is 14.9 Å². The Morgan fingerprint density at radius 3 is 2.81 bits per heavy atom. The second kappa shape index (κ2) is 7.82.